The first-order valence-corrected chi connectivity index (χ1v) is 9.13. The van der Waals surface area contributed by atoms with Crippen LogP contribution in [0.5, 0.6) is 0 Å². The number of hydrogen-bond acceptors (Lipinski definition) is 6. The van der Waals surface area contributed by atoms with Gasteiger partial charge in [0.15, 0.2) is 5.82 Å². The molecule has 3 aromatic heterocycles. The summed E-state index contributed by atoms with van der Waals surface area (Å²) < 4.78 is 1.57. The van der Waals surface area contributed by atoms with Crippen LogP contribution in [0.15, 0.2) is 48.7 Å². The number of fused-ring (bicyclic) bond motifs is 1. The lowest BCUT2D eigenvalue weighted by Gasteiger charge is -2.09. The number of hydrogen-bond donors (Lipinski definition) is 2. The molecule has 8 nitrogen and oxygen atoms in total. The highest BCUT2D eigenvalue weighted by Crippen LogP contribution is 2.36. The second kappa shape index (κ2) is 7.20. The number of allylic oxidation sites excluding steroid dienone is 1. The number of amides is 1. The molecule has 1 aliphatic heterocycles. The van der Waals surface area contributed by atoms with Crippen LogP contribution in [-0.4, -0.2) is 25.7 Å². The SMILES string of the molecule is C/C(Nc1ccn([C@H](C)C#N)n1)=C1/C(=O)Nc2cnc(-c3cnccc3C)cc21. The molecular formula is C21H19N7O. The first-order valence-electron chi connectivity index (χ1n) is 9.13. The number of pyridine rings is 2. The van der Waals surface area contributed by atoms with Crippen molar-refractivity contribution >= 4 is 23.0 Å². The van der Waals surface area contributed by atoms with Crippen LogP contribution in [0.3, 0.4) is 0 Å². The minimum atomic E-state index is -0.370. The minimum Gasteiger partial charge on any atom is -0.342 e. The Morgan fingerprint density at radius 3 is 2.90 bits per heavy atom. The van der Waals surface area contributed by atoms with E-state index in [-0.39, 0.29) is 11.9 Å². The summed E-state index contributed by atoms with van der Waals surface area (Å²) in [6.45, 7) is 5.58. The van der Waals surface area contributed by atoms with Gasteiger partial charge in [-0.25, -0.2) is 0 Å². The highest BCUT2D eigenvalue weighted by molar-refractivity contribution is 6.32. The van der Waals surface area contributed by atoms with Gasteiger partial charge in [-0.2, -0.15) is 10.4 Å². The maximum Gasteiger partial charge on any atom is 0.258 e. The fourth-order valence-electron chi connectivity index (χ4n) is 3.25. The molecule has 0 aliphatic carbocycles. The molecule has 8 heteroatoms. The summed E-state index contributed by atoms with van der Waals surface area (Å²) in [4.78, 5) is 21.3. The molecule has 1 atom stereocenters. The molecular weight excluding hydrogens is 366 g/mol. The maximum absolute atomic E-state index is 12.6. The summed E-state index contributed by atoms with van der Waals surface area (Å²) in [6.07, 6.45) is 6.90. The molecule has 1 aliphatic rings. The van der Waals surface area contributed by atoms with Crippen LogP contribution >= 0.6 is 0 Å². The average molecular weight is 385 g/mol. The molecule has 4 heterocycles. The van der Waals surface area contributed by atoms with E-state index in [0.29, 0.717) is 22.8 Å². The number of nitriles is 1. The zero-order valence-corrected chi connectivity index (χ0v) is 16.3. The summed E-state index contributed by atoms with van der Waals surface area (Å²) >= 11 is 0. The molecule has 0 saturated carbocycles. The van der Waals surface area contributed by atoms with Crippen molar-refractivity contribution < 1.29 is 4.79 Å². The fraction of sp³-hybridized carbons (Fsp3) is 0.190. The lowest BCUT2D eigenvalue weighted by Crippen LogP contribution is -2.09. The number of nitrogens with zero attached hydrogens (tertiary/aromatic N) is 5. The Kier molecular flexibility index (Phi) is 4.56. The van der Waals surface area contributed by atoms with Crippen LogP contribution in [0.2, 0.25) is 0 Å². The molecule has 0 fully saturated rings. The first-order chi connectivity index (χ1) is 14.0. The summed E-state index contributed by atoms with van der Waals surface area (Å²) in [7, 11) is 0. The molecule has 0 unspecified atom stereocenters. The fourth-order valence-corrected chi connectivity index (χ4v) is 3.25. The topological polar surface area (TPSA) is 109 Å². The second-order valence-corrected chi connectivity index (χ2v) is 6.87. The average Bonchev–Trinajstić information content (AvgIpc) is 3.30. The van der Waals surface area contributed by atoms with E-state index in [9.17, 15) is 4.79 Å². The van der Waals surface area contributed by atoms with Crippen LogP contribution in [0.4, 0.5) is 11.5 Å². The van der Waals surface area contributed by atoms with Crippen molar-refractivity contribution in [2.24, 2.45) is 0 Å². The van der Waals surface area contributed by atoms with Crippen molar-refractivity contribution in [2.45, 2.75) is 26.8 Å². The lowest BCUT2D eigenvalue weighted by atomic mass is 10.0. The summed E-state index contributed by atoms with van der Waals surface area (Å²) in [5.74, 6) is 0.368. The predicted octanol–water partition coefficient (Wildman–Crippen LogP) is 3.53. The molecule has 144 valence electrons. The monoisotopic (exact) mass is 385 g/mol. The zero-order chi connectivity index (χ0) is 20.5. The van der Waals surface area contributed by atoms with Gasteiger partial charge < -0.3 is 10.6 Å². The van der Waals surface area contributed by atoms with Gasteiger partial charge in [0, 0.05) is 41.5 Å². The highest BCUT2D eigenvalue weighted by atomic mass is 16.2. The lowest BCUT2D eigenvalue weighted by molar-refractivity contribution is -0.110. The molecule has 0 spiro atoms. The van der Waals surface area contributed by atoms with E-state index in [4.69, 9.17) is 5.26 Å². The molecule has 0 bridgehead atoms. The molecule has 3 aromatic rings. The normalized spacial score (nSPS) is 15.3. The van der Waals surface area contributed by atoms with E-state index in [1.807, 2.05) is 26.0 Å². The standard InChI is InChI=1S/C21H19N7O/c1-12-4-6-23-10-16(12)17-8-15-18(11-24-17)26-21(29)20(15)14(3)25-19-5-7-28(27-19)13(2)9-22/h4-8,10-11,13H,1-3H3,(H,25,27)(H,26,29)/b20-14-/t13-/m1/s1. The number of nitrogens with one attached hydrogen (secondary N) is 2. The molecule has 0 radical (unpaired) electrons. The Balaban J connectivity index is 1.71. The van der Waals surface area contributed by atoms with Gasteiger partial charge >= 0.3 is 0 Å². The Labute approximate surface area is 167 Å². The van der Waals surface area contributed by atoms with Crippen molar-refractivity contribution in [3.63, 3.8) is 0 Å². The Bertz CT molecular complexity index is 1190. The van der Waals surface area contributed by atoms with Crippen LogP contribution in [-0.2, 0) is 4.79 Å². The van der Waals surface area contributed by atoms with Crippen LogP contribution in [0.25, 0.3) is 16.8 Å². The summed E-state index contributed by atoms with van der Waals surface area (Å²) in [6, 6.07) is 7.35. The third kappa shape index (κ3) is 3.34. The van der Waals surface area contributed by atoms with Crippen molar-refractivity contribution in [3.05, 3.63) is 59.8 Å². The maximum atomic E-state index is 12.6. The number of carbonyl (C=O) groups is 1. The van der Waals surface area contributed by atoms with Gasteiger partial charge in [-0.15, -0.1) is 0 Å². The Morgan fingerprint density at radius 1 is 1.31 bits per heavy atom. The molecule has 2 N–H and O–H groups in total. The second-order valence-electron chi connectivity index (χ2n) is 6.87. The number of aromatic nitrogens is 4. The van der Waals surface area contributed by atoms with E-state index in [1.165, 1.54) is 0 Å². The number of anilines is 2. The van der Waals surface area contributed by atoms with Gasteiger partial charge in [0.25, 0.3) is 5.91 Å². The quantitative estimate of drug-likeness (QED) is 0.665. The van der Waals surface area contributed by atoms with Crippen LogP contribution < -0.4 is 10.6 Å². The molecule has 4 rings (SSSR count). The van der Waals surface area contributed by atoms with Crippen LogP contribution in [0, 0.1) is 18.3 Å². The van der Waals surface area contributed by atoms with Crippen LogP contribution in [0.1, 0.15) is 31.0 Å². The zero-order valence-electron chi connectivity index (χ0n) is 16.3. The smallest absolute Gasteiger partial charge is 0.258 e. The van der Waals surface area contributed by atoms with Crippen molar-refractivity contribution in [3.8, 4) is 17.3 Å². The number of rotatable bonds is 4. The Morgan fingerprint density at radius 2 is 2.14 bits per heavy atom. The molecule has 1 amide bonds. The number of aryl methyl sites for hydroxylation is 1. The molecule has 0 saturated heterocycles. The van der Waals surface area contributed by atoms with E-state index >= 15 is 0 Å². The highest BCUT2D eigenvalue weighted by Gasteiger charge is 2.27. The number of carbonyl (C=O) groups excluding carboxylic acids is 1. The van der Waals surface area contributed by atoms with Gasteiger partial charge in [0.1, 0.15) is 6.04 Å². The van der Waals surface area contributed by atoms with Gasteiger partial charge in [-0.05, 0) is 38.5 Å². The van der Waals surface area contributed by atoms with E-state index in [0.717, 1.165) is 22.4 Å². The van der Waals surface area contributed by atoms with Gasteiger partial charge in [-0.3, -0.25) is 19.4 Å². The third-order valence-electron chi connectivity index (χ3n) is 4.85. The van der Waals surface area contributed by atoms with E-state index < -0.39 is 0 Å². The van der Waals surface area contributed by atoms with Gasteiger partial charge in [0.2, 0.25) is 0 Å². The van der Waals surface area contributed by atoms with Gasteiger partial charge in [-0.1, -0.05) is 0 Å². The van der Waals surface area contributed by atoms with Crippen molar-refractivity contribution in [2.75, 3.05) is 10.6 Å². The third-order valence-corrected chi connectivity index (χ3v) is 4.85. The Hall–Kier alpha value is -3.99. The van der Waals surface area contributed by atoms with Crippen molar-refractivity contribution in [1.82, 2.24) is 19.7 Å². The van der Waals surface area contributed by atoms with E-state index in [2.05, 4.69) is 31.8 Å². The van der Waals surface area contributed by atoms with Crippen molar-refractivity contribution in [1.29, 1.82) is 5.26 Å². The largest absolute Gasteiger partial charge is 0.342 e. The minimum absolute atomic E-state index is 0.198. The molecule has 0 aromatic carbocycles. The predicted molar refractivity (Wildman–Crippen MR) is 110 cm³/mol. The first kappa shape index (κ1) is 18.4. The molecule has 29 heavy (non-hydrogen) atoms. The summed E-state index contributed by atoms with van der Waals surface area (Å²) in [5.41, 5.74) is 5.37. The van der Waals surface area contributed by atoms with E-state index in [1.54, 1.807) is 42.5 Å². The summed E-state index contributed by atoms with van der Waals surface area (Å²) in [5, 5.41) is 19.4. The van der Waals surface area contributed by atoms with Gasteiger partial charge in [0.05, 0.1) is 29.2 Å².